The molecular weight excluding hydrogens is 304 g/mol. The van der Waals surface area contributed by atoms with E-state index in [1.54, 1.807) is 48.5 Å². The predicted molar refractivity (Wildman–Crippen MR) is 92.6 cm³/mol. The quantitative estimate of drug-likeness (QED) is 0.821. The summed E-state index contributed by atoms with van der Waals surface area (Å²) in [5, 5.41) is 2.66. The van der Waals surface area contributed by atoms with E-state index in [2.05, 4.69) is 19.2 Å². The Kier molecular flexibility index (Phi) is 5.95. The van der Waals surface area contributed by atoms with Gasteiger partial charge in [0.1, 0.15) is 11.8 Å². The molecule has 2 aromatic rings. The molecule has 0 aliphatic rings. The van der Waals surface area contributed by atoms with Crippen LogP contribution in [-0.4, -0.2) is 18.4 Å². The van der Waals surface area contributed by atoms with Gasteiger partial charge in [0.2, 0.25) is 5.91 Å². The summed E-state index contributed by atoms with van der Waals surface area (Å²) in [6, 6.07) is 14.8. The molecular formula is C19H22N2O3. The number of rotatable bonds is 7. The minimum Gasteiger partial charge on any atom is -0.493 e. The number of hydrogen-bond acceptors (Lipinski definition) is 3. The van der Waals surface area contributed by atoms with Gasteiger partial charge in [0.15, 0.2) is 0 Å². The highest BCUT2D eigenvalue weighted by Gasteiger charge is 2.20. The molecule has 5 heteroatoms. The molecule has 126 valence electrons. The van der Waals surface area contributed by atoms with Gasteiger partial charge in [0.05, 0.1) is 6.61 Å². The second-order valence-electron chi connectivity index (χ2n) is 5.95. The topological polar surface area (TPSA) is 81.4 Å². The monoisotopic (exact) mass is 326 g/mol. The molecule has 0 saturated carbocycles. The molecule has 0 radical (unpaired) electrons. The first-order chi connectivity index (χ1) is 11.5. The van der Waals surface area contributed by atoms with Gasteiger partial charge >= 0.3 is 0 Å². The van der Waals surface area contributed by atoms with Crippen molar-refractivity contribution in [1.82, 2.24) is 5.32 Å². The first-order valence-corrected chi connectivity index (χ1v) is 7.85. The van der Waals surface area contributed by atoms with Crippen molar-refractivity contribution >= 4 is 11.8 Å². The van der Waals surface area contributed by atoms with Crippen LogP contribution in [0.5, 0.6) is 5.75 Å². The molecule has 1 atom stereocenters. The van der Waals surface area contributed by atoms with Crippen LogP contribution in [0.3, 0.4) is 0 Å². The molecule has 0 bridgehead atoms. The maximum atomic E-state index is 12.4. The molecule has 24 heavy (non-hydrogen) atoms. The molecule has 0 heterocycles. The van der Waals surface area contributed by atoms with Crippen LogP contribution in [0.4, 0.5) is 0 Å². The van der Waals surface area contributed by atoms with Gasteiger partial charge in [-0.1, -0.05) is 44.2 Å². The number of primary amides is 1. The Labute approximate surface area is 141 Å². The third kappa shape index (κ3) is 4.84. The Hall–Kier alpha value is -2.82. The Morgan fingerprint density at radius 3 is 2.21 bits per heavy atom. The second kappa shape index (κ2) is 8.15. The van der Waals surface area contributed by atoms with E-state index in [-0.39, 0.29) is 5.91 Å². The minimum atomic E-state index is -0.865. The minimum absolute atomic E-state index is 0.363. The van der Waals surface area contributed by atoms with Gasteiger partial charge in [0.25, 0.3) is 5.91 Å². The van der Waals surface area contributed by atoms with Gasteiger partial charge < -0.3 is 15.8 Å². The lowest BCUT2D eigenvalue weighted by Gasteiger charge is -2.16. The maximum absolute atomic E-state index is 12.4. The fourth-order valence-electron chi connectivity index (χ4n) is 2.14. The molecule has 0 aliphatic carbocycles. The first-order valence-electron chi connectivity index (χ1n) is 7.85. The van der Waals surface area contributed by atoms with E-state index >= 15 is 0 Å². The molecule has 2 aromatic carbocycles. The highest BCUT2D eigenvalue weighted by Crippen LogP contribution is 2.16. The molecule has 3 N–H and O–H groups in total. The van der Waals surface area contributed by atoms with Gasteiger partial charge in [0, 0.05) is 5.56 Å². The number of nitrogens with one attached hydrogen (secondary N) is 1. The fraction of sp³-hybridized carbons (Fsp3) is 0.263. The zero-order chi connectivity index (χ0) is 17.5. The normalized spacial score (nSPS) is 11.8. The van der Waals surface area contributed by atoms with Crippen molar-refractivity contribution in [2.45, 2.75) is 19.9 Å². The Balaban J connectivity index is 2.06. The summed E-state index contributed by atoms with van der Waals surface area (Å²) < 4.78 is 5.58. The molecule has 5 nitrogen and oxygen atoms in total. The average molecular weight is 326 g/mol. The first kappa shape index (κ1) is 17.5. The number of hydrogen-bond donors (Lipinski definition) is 2. The molecule has 1 unspecified atom stereocenters. The summed E-state index contributed by atoms with van der Waals surface area (Å²) in [6.07, 6.45) is 0. The van der Waals surface area contributed by atoms with Crippen molar-refractivity contribution in [3.8, 4) is 5.75 Å². The number of amides is 2. The number of carbonyl (C=O) groups excluding carboxylic acids is 2. The second-order valence-corrected chi connectivity index (χ2v) is 5.95. The summed E-state index contributed by atoms with van der Waals surface area (Å²) in [6.45, 7) is 4.74. The number of carbonyl (C=O) groups is 2. The molecule has 0 saturated heterocycles. The van der Waals surface area contributed by atoms with Gasteiger partial charge in [-0.2, -0.15) is 0 Å². The lowest BCUT2D eigenvalue weighted by atomic mass is 10.1. The fourth-order valence-corrected chi connectivity index (χ4v) is 2.14. The molecule has 0 fully saturated rings. The van der Waals surface area contributed by atoms with E-state index in [9.17, 15) is 9.59 Å². The van der Waals surface area contributed by atoms with Gasteiger partial charge in [-0.3, -0.25) is 9.59 Å². The van der Waals surface area contributed by atoms with Crippen LogP contribution in [0.1, 0.15) is 35.8 Å². The molecule has 2 rings (SSSR count). The molecule has 0 aromatic heterocycles. The molecule has 0 spiro atoms. The van der Waals surface area contributed by atoms with Crippen molar-refractivity contribution in [3.05, 3.63) is 65.7 Å². The highest BCUT2D eigenvalue weighted by molar-refractivity contribution is 5.97. The predicted octanol–water partition coefficient (Wildman–Crippen LogP) is 2.68. The summed E-state index contributed by atoms with van der Waals surface area (Å²) in [4.78, 5) is 24.0. The van der Waals surface area contributed by atoms with Crippen LogP contribution >= 0.6 is 0 Å². The smallest absolute Gasteiger partial charge is 0.252 e. The van der Waals surface area contributed by atoms with E-state index < -0.39 is 11.9 Å². The Morgan fingerprint density at radius 2 is 1.67 bits per heavy atom. The largest absolute Gasteiger partial charge is 0.493 e. The lowest BCUT2D eigenvalue weighted by Crippen LogP contribution is -2.37. The van der Waals surface area contributed by atoms with E-state index in [1.807, 2.05) is 6.07 Å². The standard InChI is InChI=1S/C19H22N2O3/c1-13(2)12-24-16-10-8-15(9-11-16)19(23)21-17(18(20)22)14-6-4-3-5-7-14/h3-11,13,17H,12H2,1-2H3,(H2,20,22)(H,21,23). The summed E-state index contributed by atoms with van der Waals surface area (Å²) >= 11 is 0. The van der Waals surface area contributed by atoms with Crippen molar-refractivity contribution in [1.29, 1.82) is 0 Å². The van der Waals surface area contributed by atoms with E-state index in [0.717, 1.165) is 0 Å². The van der Waals surface area contributed by atoms with Gasteiger partial charge in [-0.25, -0.2) is 0 Å². The van der Waals surface area contributed by atoms with Crippen molar-refractivity contribution in [2.75, 3.05) is 6.61 Å². The van der Waals surface area contributed by atoms with Crippen LogP contribution in [0.2, 0.25) is 0 Å². The van der Waals surface area contributed by atoms with Crippen LogP contribution in [0.25, 0.3) is 0 Å². The Morgan fingerprint density at radius 1 is 1.04 bits per heavy atom. The van der Waals surface area contributed by atoms with E-state index in [1.165, 1.54) is 0 Å². The van der Waals surface area contributed by atoms with Gasteiger partial charge in [-0.15, -0.1) is 0 Å². The average Bonchev–Trinajstić information content (AvgIpc) is 2.58. The number of benzene rings is 2. The highest BCUT2D eigenvalue weighted by atomic mass is 16.5. The zero-order valence-electron chi connectivity index (χ0n) is 13.9. The van der Waals surface area contributed by atoms with E-state index in [0.29, 0.717) is 29.4 Å². The van der Waals surface area contributed by atoms with Crippen molar-refractivity contribution in [3.63, 3.8) is 0 Å². The third-order valence-corrected chi connectivity index (χ3v) is 3.39. The van der Waals surface area contributed by atoms with Crippen LogP contribution < -0.4 is 15.8 Å². The summed E-state index contributed by atoms with van der Waals surface area (Å²) in [5.74, 6) is 0.162. The molecule has 0 aliphatic heterocycles. The Bertz CT molecular complexity index is 682. The van der Waals surface area contributed by atoms with Crippen LogP contribution in [-0.2, 0) is 4.79 Å². The summed E-state index contributed by atoms with van der Waals surface area (Å²) in [7, 11) is 0. The summed E-state index contributed by atoms with van der Waals surface area (Å²) in [5.41, 5.74) is 6.50. The van der Waals surface area contributed by atoms with Crippen LogP contribution in [0, 0.1) is 5.92 Å². The molecule has 2 amide bonds. The third-order valence-electron chi connectivity index (χ3n) is 3.39. The SMILES string of the molecule is CC(C)COc1ccc(C(=O)NC(C(N)=O)c2ccccc2)cc1. The van der Waals surface area contributed by atoms with Crippen LogP contribution in [0.15, 0.2) is 54.6 Å². The maximum Gasteiger partial charge on any atom is 0.252 e. The number of nitrogens with two attached hydrogens (primary N) is 1. The van der Waals surface area contributed by atoms with Crippen molar-refractivity contribution in [2.24, 2.45) is 11.7 Å². The number of ether oxygens (including phenoxy) is 1. The van der Waals surface area contributed by atoms with Crippen molar-refractivity contribution < 1.29 is 14.3 Å². The van der Waals surface area contributed by atoms with E-state index in [4.69, 9.17) is 10.5 Å². The van der Waals surface area contributed by atoms with Gasteiger partial charge in [-0.05, 0) is 35.7 Å². The lowest BCUT2D eigenvalue weighted by molar-refractivity contribution is -0.120. The zero-order valence-corrected chi connectivity index (χ0v) is 13.9.